The standard InChI is InChI=1S/C19H12FN/c20-18-8-4-3-7-16(18)19-11-17-14(12-21-19)10-9-13-5-1-2-6-15(13)17/h1-12H/p+1. The third kappa shape index (κ3) is 1.96. The van der Waals surface area contributed by atoms with Gasteiger partial charge in [0.25, 0.3) is 0 Å². The lowest BCUT2D eigenvalue weighted by Gasteiger charge is -2.03. The number of halogens is 1. The molecule has 2 heteroatoms. The second-order valence-corrected chi connectivity index (χ2v) is 5.12. The van der Waals surface area contributed by atoms with Gasteiger partial charge in [0, 0.05) is 16.8 Å². The Morgan fingerprint density at radius 3 is 2.38 bits per heavy atom. The largest absolute Gasteiger partial charge is 0.214 e. The number of hydrogen-bond acceptors (Lipinski definition) is 0. The van der Waals surface area contributed by atoms with Crippen molar-refractivity contribution in [3.8, 4) is 11.3 Å². The molecule has 0 radical (unpaired) electrons. The molecule has 0 saturated carbocycles. The van der Waals surface area contributed by atoms with Crippen LogP contribution in [0.3, 0.4) is 0 Å². The summed E-state index contributed by atoms with van der Waals surface area (Å²) in [5.74, 6) is -0.215. The Hall–Kier alpha value is -2.74. The number of aromatic amines is 1. The lowest BCUT2D eigenvalue weighted by molar-refractivity contribution is -0.362. The molecular weight excluding hydrogens is 261 g/mol. The fourth-order valence-corrected chi connectivity index (χ4v) is 2.78. The molecule has 0 bridgehead atoms. The van der Waals surface area contributed by atoms with Crippen LogP contribution in [-0.2, 0) is 0 Å². The first-order valence-electron chi connectivity index (χ1n) is 6.91. The highest BCUT2D eigenvalue weighted by atomic mass is 19.1. The number of benzene rings is 3. The van der Waals surface area contributed by atoms with Gasteiger partial charge >= 0.3 is 0 Å². The van der Waals surface area contributed by atoms with Gasteiger partial charge in [-0.25, -0.2) is 9.37 Å². The summed E-state index contributed by atoms with van der Waals surface area (Å²) in [6.07, 6.45) is 1.93. The average Bonchev–Trinajstić information content (AvgIpc) is 2.55. The van der Waals surface area contributed by atoms with Gasteiger partial charge in [-0.15, -0.1) is 0 Å². The van der Waals surface area contributed by atoms with E-state index in [9.17, 15) is 4.39 Å². The highest BCUT2D eigenvalue weighted by molar-refractivity contribution is 6.07. The van der Waals surface area contributed by atoms with Crippen molar-refractivity contribution in [2.45, 2.75) is 0 Å². The van der Waals surface area contributed by atoms with E-state index in [4.69, 9.17) is 0 Å². The average molecular weight is 274 g/mol. The Morgan fingerprint density at radius 2 is 1.48 bits per heavy atom. The quantitative estimate of drug-likeness (QED) is 0.450. The van der Waals surface area contributed by atoms with E-state index in [1.165, 1.54) is 16.8 Å². The minimum absolute atomic E-state index is 0.215. The van der Waals surface area contributed by atoms with Crippen LogP contribution in [0.15, 0.2) is 72.9 Å². The summed E-state index contributed by atoms with van der Waals surface area (Å²) in [6.45, 7) is 0. The molecule has 0 spiro atoms. The van der Waals surface area contributed by atoms with Gasteiger partial charge in [0.15, 0.2) is 6.20 Å². The SMILES string of the molecule is Fc1ccccc1-c1cc2c(ccc3ccccc32)c[nH+]1. The van der Waals surface area contributed by atoms with Gasteiger partial charge in [0.05, 0.1) is 5.56 Å². The zero-order valence-electron chi connectivity index (χ0n) is 11.3. The zero-order valence-corrected chi connectivity index (χ0v) is 11.3. The number of nitrogens with one attached hydrogen (secondary N) is 1. The maximum Gasteiger partial charge on any atom is 0.214 e. The van der Waals surface area contributed by atoms with Crippen LogP contribution in [-0.4, -0.2) is 0 Å². The van der Waals surface area contributed by atoms with E-state index in [2.05, 4.69) is 29.2 Å². The van der Waals surface area contributed by atoms with Crippen LogP contribution in [0.4, 0.5) is 4.39 Å². The molecule has 1 N–H and O–H groups in total. The maximum absolute atomic E-state index is 14.0. The van der Waals surface area contributed by atoms with Crippen molar-refractivity contribution in [1.82, 2.24) is 0 Å². The molecule has 0 aliphatic rings. The van der Waals surface area contributed by atoms with Crippen LogP contribution in [0, 0.1) is 5.82 Å². The number of rotatable bonds is 1. The maximum atomic E-state index is 14.0. The van der Waals surface area contributed by atoms with Crippen molar-refractivity contribution in [3.63, 3.8) is 0 Å². The fourth-order valence-electron chi connectivity index (χ4n) is 2.78. The van der Waals surface area contributed by atoms with Crippen molar-refractivity contribution in [3.05, 3.63) is 78.7 Å². The molecule has 0 aliphatic heterocycles. The Morgan fingerprint density at radius 1 is 0.714 bits per heavy atom. The van der Waals surface area contributed by atoms with Crippen molar-refractivity contribution < 1.29 is 9.37 Å². The van der Waals surface area contributed by atoms with Crippen molar-refractivity contribution in [2.75, 3.05) is 0 Å². The third-order valence-electron chi connectivity index (χ3n) is 3.84. The zero-order chi connectivity index (χ0) is 14.2. The second kappa shape index (κ2) is 4.67. The van der Waals surface area contributed by atoms with E-state index in [1.807, 2.05) is 30.5 Å². The predicted molar refractivity (Wildman–Crippen MR) is 83.4 cm³/mol. The van der Waals surface area contributed by atoms with E-state index in [1.54, 1.807) is 12.1 Å². The molecule has 21 heavy (non-hydrogen) atoms. The topological polar surface area (TPSA) is 14.1 Å². The lowest BCUT2D eigenvalue weighted by Crippen LogP contribution is -2.06. The van der Waals surface area contributed by atoms with Crippen molar-refractivity contribution in [2.24, 2.45) is 0 Å². The summed E-state index contributed by atoms with van der Waals surface area (Å²) in [7, 11) is 0. The van der Waals surface area contributed by atoms with E-state index in [0.29, 0.717) is 5.56 Å². The van der Waals surface area contributed by atoms with Gasteiger partial charge in [-0.05, 0) is 29.0 Å². The number of fused-ring (bicyclic) bond motifs is 3. The van der Waals surface area contributed by atoms with Crippen LogP contribution in [0.25, 0.3) is 32.8 Å². The molecular formula is C19H13FN+. The van der Waals surface area contributed by atoms with Gasteiger partial charge in [-0.2, -0.15) is 0 Å². The molecule has 0 atom stereocenters. The van der Waals surface area contributed by atoms with Gasteiger partial charge in [0.2, 0.25) is 5.69 Å². The van der Waals surface area contributed by atoms with E-state index in [-0.39, 0.29) is 5.82 Å². The Labute approximate surface area is 121 Å². The van der Waals surface area contributed by atoms with Crippen molar-refractivity contribution in [1.29, 1.82) is 0 Å². The molecule has 4 rings (SSSR count). The highest BCUT2D eigenvalue weighted by Gasteiger charge is 2.12. The molecule has 100 valence electrons. The van der Waals surface area contributed by atoms with Crippen LogP contribution in [0.5, 0.6) is 0 Å². The predicted octanol–water partition coefficient (Wildman–Crippen LogP) is 4.61. The Bertz CT molecular complexity index is 960. The minimum Gasteiger partial charge on any atom is -0.210 e. The molecule has 0 aliphatic carbocycles. The molecule has 1 nitrogen and oxygen atoms in total. The lowest BCUT2D eigenvalue weighted by atomic mass is 10.0. The van der Waals surface area contributed by atoms with Crippen LogP contribution in [0.2, 0.25) is 0 Å². The van der Waals surface area contributed by atoms with Gasteiger partial charge < -0.3 is 0 Å². The monoisotopic (exact) mass is 274 g/mol. The summed E-state index contributed by atoms with van der Waals surface area (Å²) in [6, 6.07) is 21.3. The molecule has 0 saturated heterocycles. The summed E-state index contributed by atoms with van der Waals surface area (Å²) in [5, 5.41) is 4.62. The number of hydrogen-bond donors (Lipinski definition) is 0. The van der Waals surface area contributed by atoms with Crippen molar-refractivity contribution >= 4 is 21.5 Å². The number of H-pyrrole nitrogens is 1. The summed E-state index contributed by atoms with van der Waals surface area (Å²) >= 11 is 0. The first-order valence-corrected chi connectivity index (χ1v) is 6.91. The molecule has 1 heterocycles. The second-order valence-electron chi connectivity index (χ2n) is 5.12. The molecule has 0 unspecified atom stereocenters. The van der Waals surface area contributed by atoms with E-state index < -0.39 is 0 Å². The molecule has 4 aromatic rings. The highest BCUT2D eigenvalue weighted by Crippen LogP contribution is 2.27. The van der Waals surface area contributed by atoms with Crippen LogP contribution in [0.1, 0.15) is 0 Å². The molecule has 1 aromatic heterocycles. The van der Waals surface area contributed by atoms with Gasteiger partial charge in [-0.1, -0.05) is 42.5 Å². The summed E-state index contributed by atoms with van der Waals surface area (Å²) in [5.41, 5.74) is 1.38. The Kier molecular flexibility index (Phi) is 2.68. The third-order valence-corrected chi connectivity index (χ3v) is 3.84. The normalized spacial score (nSPS) is 11.1. The van der Waals surface area contributed by atoms with E-state index >= 15 is 0 Å². The van der Waals surface area contributed by atoms with E-state index in [0.717, 1.165) is 16.5 Å². The number of pyridine rings is 1. The van der Waals surface area contributed by atoms with Gasteiger partial charge in [0.1, 0.15) is 5.82 Å². The molecule has 0 amide bonds. The first kappa shape index (κ1) is 12.0. The van der Waals surface area contributed by atoms with Crippen LogP contribution >= 0.6 is 0 Å². The summed E-state index contributed by atoms with van der Waals surface area (Å²) in [4.78, 5) is 3.19. The smallest absolute Gasteiger partial charge is 0.210 e. The Balaban J connectivity index is 2.05. The number of aromatic nitrogens is 1. The molecule has 0 fully saturated rings. The van der Waals surface area contributed by atoms with Crippen LogP contribution < -0.4 is 4.98 Å². The fraction of sp³-hybridized carbons (Fsp3) is 0. The first-order chi connectivity index (χ1) is 10.3. The minimum atomic E-state index is -0.215. The summed E-state index contributed by atoms with van der Waals surface area (Å²) < 4.78 is 14.0. The molecule has 3 aromatic carbocycles. The van der Waals surface area contributed by atoms with Gasteiger partial charge in [-0.3, -0.25) is 0 Å².